The van der Waals surface area contributed by atoms with Gasteiger partial charge >= 0.3 is 5.97 Å². The number of amides is 1. The van der Waals surface area contributed by atoms with E-state index in [9.17, 15) is 9.59 Å². The van der Waals surface area contributed by atoms with Gasteiger partial charge in [-0.25, -0.2) is 4.79 Å². The van der Waals surface area contributed by atoms with E-state index < -0.39 is 5.97 Å². The Bertz CT molecular complexity index is 972. The standard InChI is InChI=1S/C23H21NO5/c1-17(25)24-21-12-5-6-13-22(21)29-23(26)18-8-7-11-20(16-18)28-15-14-27-19-9-3-2-4-10-19/h2-13,16H,14-15H2,1H3,(H,24,25). The van der Waals surface area contributed by atoms with Gasteiger partial charge in [-0.1, -0.05) is 36.4 Å². The maximum Gasteiger partial charge on any atom is 0.343 e. The van der Waals surface area contributed by atoms with Gasteiger partial charge in [0.15, 0.2) is 5.75 Å². The minimum absolute atomic E-state index is 0.249. The Labute approximate surface area is 169 Å². The number of hydrogen-bond donors (Lipinski definition) is 1. The molecule has 0 radical (unpaired) electrons. The summed E-state index contributed by atoms with van der Waals surface area (Å²) >= 11 is 0. The number of para-hydroxylation sites is 3. The summed E-state index contributed by atoms with van der Waals surface area (Å²) in [5.74, 6) is 0.781. The molecule has 1 amide bonds. The molecule has 3 rings (SSSR count). The summed E-state index contributed by atoms with van der Waals surface area (Å²) in [7, 11) is 0. The second kappa shape index (κ2) is 9.94. The van der Waals surface area contributed by atoms with Crippen LogP contribution >= 0.6 is 0 Å². The number of carbonyl (C=O) groups is 2. The van der Waals surface area contributed by atoms with E-state index in [2.05, 4.69) is 5.32 Å². The average Bonchev–Trinajstić information content (AvgIpc) is 2.73. The zero-order valence-corrected chi connectivity index (χ0v) is 16.0. The van der Waals surface area contributed by atoms with Crippen LogP contribution in [0.15, 0.2) is 78.9 Å². The highest BCUT2D eigenvalue weighted by atomic mass is 16.5. The summed E-state index contributed by atoms with van der Waals surface area (Å²) in [6.45, 7) is 2.10. The van der Waals surface area contributed by atoms with Crippen LogP contribution in [-0.4, -0.2) is 25.1 Å². The molecule has 3 aromatic carbocycles. The molecule has 0 atom stereocenters. The highest BCUT2D eigenvalue weighted by Crippen LogP contribution is 2.25. The number of nitrogens with one attached hydrogen (secondary N) is 1. The summed E-state index contributed by atoms with van der Waals surface area (Å²) in [6, 6.07) is 22.9. The smallest absolute Gasteiger partial charge is 0.343 e. The number of carbonyl (C=O) groups excluding carboxylic acids is 2. The molecule has 0 aliphatic carbocycles. The molecule has 6 heteroatoms. The first-order valence-electron chi connectivity index (χ1n) is 9.11. The topological polar surface area (TPSA) is 73.9 Å². The van der Waals surface area contributed by atoms with Crippen LogP contribution < -0.4 is 19.5 Å². The van der Waals surface area contributed by atoms with Crippen LogP contribution in [0.4, 0.5) is 5.69 Å². The Morgan fingerprint density at radius 1 is 0.793 bits per heavy atom. The van der Waals surface area contributed by atoms with Gasteiger partial charge in [0.2, 0.25) is 5.91 Å². The van der Waals surface area contributed by atoms with Crippen molar-refractivity contribution in [2.45, 2.75) is 6.92 Å². The first-order chi connectivity index (χ1) is 14.1. The lowest BCUT2D eigenvalue weighted by atomic mass is 10.2. The molecule has 3 aromatic rings. The van der Waals surface area contributed by atoms with Gasteiger partial charge in [0.25, 0.3) is 0 Å². The molecule has 0 unspecified atom stereocenters. The van der Waals surface area contributed by atoms with Crippen molar-refractivity contribution in [1.82, 2.24) is 0 Å². The molecule has 0 spiro atoms. The van der Waals surface area contributed by atoms with Gasteiger partial charge < -0.3 is 19.5 Å². The third kappa shape index (κ3) is 6.10. The van der Waals surface area contributed by atoms with Crippen molar-refractivity contribution in [2.75, 3.05) is 18.5 Å². The molecular formula is C23H21NO5. The monoisotopic (exact) mass is 391 g/mol. The third-order valence-electron chi connectivity index (χ3n) is 3.83. The fourth-order valence-electron chi connectivity index (χ4n) is 2.56. The van der Waals surface area contributed by atoms with Crippen LogP contribution in [0.3, 0.4) is 0 Å². The second-order valence-corrected chi connectivity index (χ2v) is 6.10. The van der Waals surface area contributed by atoms with Gasteiger partial charge in [0.1, 0.15) is 24.7 Å². The number of esters is 1. The van der Waals surface area contributed by atoms with Crippen molar-refractivity contribution >= 4 is 17.6 Å². The van der Waals surface area contributed by atoms with Crippen molar-refractivity contribution in [3.05, 3.63) is 84.4 Å². The molecule has 1 N–H and O–H groups in total. The van der Waals surface area contributed by atoms with E-state index in [1.54, 1.807) is 48.5 Å². The summed E-state index contributed by atoms with van der Waals surface area (Å²) in [5, 5.41) is 2.63. The Hall–Kier alpha value is -3.80. The van der Waals surface area contributed by atoms with Crippen molar-refractivity contribution in [2.24, 2.45) is 0 Å². The molecule has 0 saturated heterocycles. The van der Waals surface area contributed by atoms with Gasteiger partial charge in [-0.3, -0.25) is 4.79 Å². The van der Waals surface area contributed by atoms with Crippen LogP contribution in [0.2, 0.25) is 0 Å². The van der Waals surface area contributed by atoms with E-state index in [1.807, 2.05) is 30.3 Å². The van der Waals surface area contributed by atoms with Gasteiger partial charge in [-0.2, -0.15) is 0 Å². The van der Waals surface area contributed by atoms with Gasteiger partial charge in [-0.05, 0) is 42.5 Å². The molecule has 0 aromatic heterocycles. The Kier molecular flexibility index (Phi) is 6.84. The molecule has 29 heavy (non-hydrogen) atoms. The van der Waals surface area contributed by atoms with Crippen molar-refractivity contribution in [1.29, 1.82) is 0 Å². The molecule has 0 aliphatic heterocycles. The normalized spacial score (nSPS) is 10.1. The Balaban J connectivity index is 1.57. The summed E-state index contributed by atoms with van der Waals surface area (Å²) in [5.41, 5.74) is 0.767. The fraction of sp³-hybridized carbons (Fsp3) is 0.130. The van der Waals surface area contributed by atoms with Crippen molar-refractivity contribution in [3.8, 4) is 17.2 Å². The largest absolute Gasteiger partial charge is 0.490 e. The molecule has 0 aliphatic rings. The minimum atomic E-state index is -0.547. The molecule has 148 valence electrons. The predicted octanol–water partition coefficient (Wildman–Crippen LogP) is 4.32. The number of ether oxygens (including phenoxy) is 3. The molecule has 0 fully saturated rings. The predicted molar refractivity (Wildman–Crippen MR) is 110 cm³/mol. The van der Waals surface area contributed by atoms with E-state index >= 15 is 0 Å². The van der Waals surface area contributed by atoms with Gasteiger partial charge in [0.05, 0.1) is 11.3 Å². The lowest BCUT2D eigenvalue weighted by Crippen LogP contribution is -2.13. The molecule has 6 nitrogen and oxygen atoms in total. The van der Waals surface area contributed by atoms with E-state index in [1.165, 1.54) is 6.92 Å². The number of rotatable bonds is 8. The summed E-state index contributed by atoms with van der Waals surface area (Å²) in [4.78, 5) is 23.8. The zero-order valence-electron chi connectivity index (χ0n) is 16.0. The number of benzene rings is 3. The summed E-state index contributed by atoms with van der Waals surface area (Å²) in [6.07, 6.45) is 0. The summed E-state index contributed by atoms with van der Waals surface area (Å²) < 4.78 is 16.7. The molecule has 0 saturated carbocycles. The highest BCUT2D eigenvalue weighted by molar-refractivity contribution is 5.94. The second-order valence-electron chi connectivity index (χ2n) is 6.10. The maximum absolute atomic E-state index is 12.5. The molecular weight excluding hydrogens is 370 g/mol. The number of hydrogen-bond acceptors (Lipinski definition) is 5. The Morgan fingerprint density at radius 2 is 1.45 bits per heavy atom. The fourth-order valence-corrected chi connectivity index (χ4v) is 2.56. The van der Waals surface area contributed by atoms with E-state index in [0.717, 1.165) is 5.75 Å². The van der Waals surface area contributed by atoms with Crippen LogP contribution in [-0.2, 0) is 4.79 Å². The quantitative estimate of drug-likeness (QED) is 0.352. The van der Waals surface area contributed by atoms with E-state index in [0.29, 0.717) is 30.2 Å². The average molecular weight is 391 g/mol. The molecule has 0 heterocycles. The molecule has 0 bridgehead atoms. The van der Waals surface area contributed by atoms with E-state index in [4.69, 9.17) is 14.2 Å². The first kappa shape index (κ1) is 19.9. The van der Waals surface area contributed by atoms with Crippen LogP contribution in [0.25, 0.3) is 0 Å². The lowest BCUT2D eigenvalue weighted by Gasteiger charge is -2.11. The van der Waals surface area contributed by atoms with Crippen molar-refractivity contribution in [3.63, 3.8) is 0 Å². The SMILES string of the molecule is CC(=O)Nc1ccccc1OC(=O)c1cccc(OCCOc2ccccc2)c1. The number of anilines is 1. The van der Waals surface area contributed by atoms with Crippen molar-refractivity contribution < 1.29 is 23.8 Å². The van der Waals surface area contributed by atoms with Crippen LogP contribution in [0.1, 0.15) is 17.3 Å². The van der Waals surface area contributed by atoms with Gasteiger partial charge in [0, 0.05) is 6.92 Å². The minimum Gasteiger partial charge on any atom is -0.490 e. The first-order valence-corrected chi connectivity index (χ1v) is 9.11. The van der Waals surface area contributed by atoms with Gasteiger partial charge in [-0.15, -0.1) is 0 Å². The van der Waals surface area contributed by atoms with Crippen LogP contribution in [0, 0.1) is 0 Å². The van der Waals surface area contributed by atoms with Crippen LogP contribution in [0.5, 0.6) is 17.2 Å². The lowest BCUT2D eigenvalue weighted by molar-refractivity contribution is -0.114. The maximum atomic E-state index is 12.5. The third-order valence-corrected chi connectivity index (χ3v) is 3.83. The highest BCUT2D eigenvalue weighted by Gasteiger charge is 2.13. The van der Waals surface area contributed by atoms with E-state index in [-0.39, 0.29) is 11.7 Å². The zero-order chi connectivity index (χ0) is 20.5. The Morgan fingerprint density at radius 3 is 2.21 bits per heavy atom.